The highest BCUT2D eigenvalue weighted by atomic mass is 35.5. The van der Waals surface area contributed by atoms with Crippen LogP contribution in [-0.4, -0.2) is 13.2 Å². The highest BCUT2D eigenvalue weighted by Gasteiger charge is 2.10. The number of rotatable bonds is 7. The number of hydrogen-bond acceptors (Lipinski definition) is 3. The Morgan fingerprint density at radius 2 is 2.00 bits per heavy atom. The molecule has 0 atom stereocenters. The highest BCUT2D eigenvalue weighted by molar-refractivity contribution is 7.16. The van der Waals surface area contributed by atoms with E-state index in [0.29, 0.717) is 23.7 Å². The van der Waals surface area contributed by atoms with Crippen molar-refractivity contribution in [3.05, 3.63) is 50.1 Å². The molecule has 7 heteroatoms. The number of benzene rings is 1. The molecule has 114 valence electrons. The minimum absolute atomic E-state index is 0.140. The monoisotopic (exact) mass is 351 g/mol. The minimum atomic E-state index is -2.85. The summed E-state index contributed by atoms with van der Waals surface area (Å²) >= 11 is 13.3. The predicted molar refractivity (Wildman–Crippen MR) is 82.8 cm³/mol. The molecule has 0 amide bonds. The molecule has 0 spiro atoms. The van der Waals surface area contributed by atoms with Crippen LogP contribution in [0.2, 0.25) is 9.36 Å². The summed E-state index contributed by atoms with van der Waals surface area (Å²) in [6.45, 7) is -1.74. The number of halogens is 4. The summed E-state index contributed by atoms with van der Waals surface area (Å²) < 4.78 is 29.9. The van der Waals surface area contributed by atoms with Gasteiger partial charge < -0.3 is 10.1 Å². The molecule has 0 fully saturated rings. The average molecular weight is 352 g/mol. The zero-order chi connectivity index (χ0) is 15.2. The summed E-state index contributed by atoms with van der Waals surface area (Å²) in [5.41, 5.74) is 0.604. The Morgan fingerprint density at radius 1 is 1.19 bits per heavy atom. The van der Waals surface area contributed by atoms with E-state index in [2.05, 4.69) is 10.1 Å². The highest BCUT2D eigenvalue weighted by Crippen LogP contribution is 2.25. The number of thiophene rings is 1. The van der Waals surface area contributed by atoms with Gasteiger partial charge in [-0.15, -0.1) is 11.3 Å². The van der Waals surface area contributed by atoms with Gasteiger partial charge in [0.25, 0.3) is 0 Å². The smallest absolute Gasteiger partial charge is 0.387 e. The van der Waals surface area contributed by atoms with E-state index in [1.54, 1.807) is 6.07 Å². The van der Waals surface area contributed by atoms with E-state index in [9.17, 15) is 8.78 Å². The van der Waals surface area contributed by atoms with Crippen molar-refractivity contribution in [2.24, 2.45) is 0 Å². The predicted octanol–water partition coefficient (Wildman–Crippen LogP) is 4.99. The third kappa shape index (κ3) is 5.43. The zero-order valence-electron chi connectivity index (χ0n) is 10.9. The van der Waals surface area contributed by atoms with Crippen LogP contribution in [0.4, 0.5) is 8.78 Å². The number of alkyl halides is 2. The van der Waals surface area contributed by atoms with E-state index in [4.69, 9.17) is 23.2 Å². The van der Waals surface area contributed by atoms with Gasteiger partial charge in [-0.3, -0.25) is 0 Å². The Morgan fingerprint density at radius 3 is 2.67 bits per heavy atom. The molecule has 0 aliphatic rings. The van der Waals surface area contributed by atoms with Crippen LogP contribution in [0.1, 0.15) is 10.4 Å². The number of nitrogens with one attached hydrogen (secondary N) is 1. The van der Waals surface area contributed by atoms with Crippen LogP contribution < -0.4 is 10.1 Å². The molecule has 2 aromatic rings. The normalized spacial score (nSPS) is 11.1. The third-order valence-corrected chi connectivity index (χ3v) is 4.26. The fraction of sp³-hybridized carbons (Fsp3) is 0.286. The SMILES string of the molecule is FC(F)Oc1ccc(Cl)cc1CNCCc1ccc(Cl)s1. The zero-order valence-corrected chi connectivity index (χ0v) is 13.2. The van der Waals surface area contributed by atoms with Gasteiger partial charge in [0.05, 0.1) is 4.34 Å². The van der Waals surface area contributed by atoms with E-state index in [1.807, 2.05) is 12.1 Å². The molecule has 0 aliphatic heterocycles. The summed E-state index contributed by atoms with van der Waals surface area (Å²) in [6.07, 6.45) is 0.822. The fourth-order valence-electron chi connectivity index (χ4n) is 1.82. The summed E-state index contributed by atoms with van der Waals surface area (Å²) in [6, 6.07) is 8.42. The van der Waals surface area contributed by atoms with E-state index >= 15 is 0 Å². The van der Waals surface area contributed by atoms with Crippen LogP contribution in [0.3, 0.4) is 0 Å². The van der Waals surface area contributed by atoms with Crippen molar-refractivity contribution in [3.63, 3.8) is 0 Å². The van der Waals surface area contributed by atoms with Gasteiger partial charge in [-0.05, 0) is 36.8 Å². The lowest BCUT2D eigenvalue weighted by Crippen LogP contribution is -2.17. The first-order valence-electron chi connectivity index (χ1n) is 6.23. The average Bonchev–Trinajstić information content (AvgIpc) is 2.83. The van der Waals surface area contributed by atoms with E-state index < -0.39 is 6.61 Å². The largest absolute Gasteiger partial charge is 0.434 e. The Labute approximate surface area is 135 Å². The molecule has 21 heavy (non-hydrogen) atoms. The van der Waals surface area contributed by atoms with Crippen LogP contribution >= 0.6 is 34.5 Å². The molecule has 2 nitrogen and oxygen atoms in total. The van der Waals surface area contributed by atoms with Gasteiger partial charge in [0.15, 0.2) is 0 Å². The lowest BCUT2D eigenvalue weighted by molar-refractivity contribution is -0.0504. The van der Waals surface area contributed by atoms with Crippen LogP contribution in [-0.2, 0) is 13.0 Å². The van der Waals surface area contributed by atoms with Crippen molar-refractivity contribution >= 4 is 34.5 Å². The van der Waals surface area contributed by atoms with Crippen molar-refractivity contribution in [1.82, 2.24) is 5.32 Å². The van der Waals surface area contributed by atoms with E-state index in [1.165, 1.54) is 28.3 Å². The molecular weight excluding hydrogens is 339 g/mol. The standard InChI is InChI=1S/C14H13Cl2F2NOS/c15-10-1-3-12(20-14(17)18)9(7-10)8-19-6-5-11-2-4-13(16)21-11/h1-4,7,14,19H,5-6,8H2. The summed E-state index contributed by atoms with van der Waals surface area (Å²) in [4.78, 5) is 1.17. The van der Waals surface area contributed by atoms with Crippen LogP contribution in [0.25, 0.3) is 0 Å². The molecule has 1 heterocycles. The van der Waals surface area contributed by atoms with Gasteiger partial charge >= 0.3 is 6.61 Å². The second-order valence-corrected chi connectivity index (χ2v) is 6.50. The molecule has 0 radical (unpaired) electrons. The second-order valence-electron chi connectivity index (χ2n) is 4.26. The first kappa shape index (κ1) is 16.5. The maximum Gasteiger partial charge on any atom is 0.387 e. The molecule has 0 unspecified atom stereocenters. The Hall–Kier alpha value is -0.880. The lowest BCUT2D eigenvalue weighted by Gasteiger charge is -2.11. The molecule has 0 aliphatic carbocycles. The molecule has 1 N–H and O–H groups in total. The van der Waals surface area contributed by atoms with Crippen molar-refractivity contribution in [3.8, 4) is 5.75 Å². The van der Waals surface area contributed by atoms with Crippen molar-refractivity contribution in [2.45, 2.75) is 19.6 Å². The molecule has 0 bridgehead atoms. The summed E-state index contributed by atoms with van der Waals surface area (Å²) in [5, 5.41) is 3.67. The molecular formula is C14H13Cl2F2NOS. The van der Waals surface area contributed by atoms with E-state index in [-0.39, 0.29) is 5.75 Å². The van der Waals surface area contributed by atoms with Gasteiger partial charge in [-0.2, -0.15) is 8.78 Å². The minimum Gasteiger partial charge on any atom is -0.434 e. The lowest BCUT2D eigenvalue weighted by atomic mass is 10.2. The van der Waals surface area contributed by atoms with E-state index in [0.717, 1.165) is 10.8 Å². The molecule has 1 aromatic heterocycles. The van der Waals surface area contributed by atoms with Gasteiger partial charge in [-0.25, -0.2) is 0 Å². The number of hydrogen-bond donors (Lipinski definition) is 1. The topological polar surface area (TPSA) is 21.3 Å². The molecule has 0 saturated carbocycles. The quantitative estimate of drug-likeness (QED) is 0.709. The summed E-state index contributed by atoms with van der Waals surface area (Å²) in [7, 11) is 0. The Balaban J connectivity index is 1.88. The van der Waals surface area contributed by atoms with Crippen molar-refractivity contribution < 1.29 is 13.5 Å². The van der Waals surface area contributed by atoms with Crippen molar-refractivity contribution in [2.75, 3.05) is 6.54 Å². The maximum atomic E-state index is 12.3. The third-order valence-electron chi connectivity index (χ3n) is 2.73. The Kier molecular flexibility index (Phi) is 6.23. The number of ether oxygens (including phenoxy) is 1. The van der Waals surface area contributed by atoms with Crippen LogP contribution in [0.15, 0.2) is 30.3 Å². The molecule has 0 saturated heterocycles. The molecule has 1 aromatic carbocycles. The van der Waals surface area contributed by atoms with Crippen molar-refractivity contribution in [1.29, 1.82) is 0 Å². The van der Waals surface area contributed by atoms with Gasteiger partial charge in [0.1, 0.15) is 5.75 Å². The summed E-state index contributed by atoms with van der Waals surface area (Å²) in [5.74, 6) is 0.140. The van der Waals surface area contributed by atoms with Crippen LogP contribution in [0, 0.1) is 0 Å². The van der Waals surface area contributed by atoms with Gasteiger partial charge in [-0.1, -0.05) is 23.2 Å². The van der Waals surface area contributed by atoms with Gasteiger partial charge in [0, 0.05) is 28.6 Å². The second kappa shape index (κ2) is 7.94. The fourth-order valence-corrected chi connectivity index (χ4v) is 3.10. The van der Waals surface area contributed by atoms with Gasteiger partial charge in [0.2, 0.25) is 0 Å². The first-order valence-corrected chi connectivity index (χ1v) is 7.80. The maximum absolute atomic E-state index is 12.3. The first-order chi connectivity index (χ1) is 10.0. The Bertz CT molecular complexity index is 592. The van der Waals surface area contributed by atoms with Crippen LogP contribution in [0.5, 0.6) is 5.75 Å². The molecule has 2 rings (SSSR count).